The summed E-state index contributed by atoms with van der Waals surface area (Å²) in [5.74, 6) is -2.98. The van der Waals surface area contributed by atoms with E-state index in [0.717, 1.165) is 19.4 Å². The minimum absolute atomic E-state index is 0.0463. The van der Waals surface area contributed by atoms with E-state index in [1.54, 1.807) is 0 Å². The lowest BCUT2D eigenvalue weighted by Crippen LogP contribution is -2.36. The maximum Gasteiger partial charge on any atom is 0.490 e. The van der Waals surface area contributed by atoms with Crippen LogP contribution in [0.4, 0.5) is 13.2 Å². The monoisotopic (exact) mass is 228 g/mol. The van der Waals surface area contributed by atoms with Crippen LogP contribution in [0.1, 0.15) is 12.8 Å². The quantitative estimate of drug-likeness (QED) is 0.582. The molecule has 15 heavy (non-hydrogen) atoms. The second-order valence-electron chi connectivity index (χ2n) is 2.85. The van der Waals surface area contributed by atoms with Crippen LogP contribution in [0.3, 0.4) is 0 Å². The molecule has 1 saturated heterocycles. The summed E-state index contributed by atoms with van der Waals surface area (Å²) in [4.78, 5) is 19.3. The second-order valence-corrected chi connectivity index (χ2v) is 2.85. The molecular weight excluding hydrogens is 217 g/mol. The van der Waals surface area contributed by atoms with Gasteiger partial charge in [0, 0.05) is 0 Å². The highest BCUT2D eigenvalue weighted by Crippen LogP contribution is 2.13. The van der Waals surface area contributed by atoms with Crippen molar-refractivity contribution >= 4 is 11.9 Å². The lowest BCUT2D eigenvalue weighted by Gasteiger charge is -2.01. The normalized spacial score (nSPS) is 20.3. The Bertz CT molecular complexity index is 236. The van der Waals surface area contributed by atoms with Gasteiger partial charge in [0.25, 0.3) is 0 Å². The molecule has 1 fully saturated rings. The van der Waals surface area contributed by atoms with Crippen molar-refractivity contribution in [2.45, 2.75) is 25.1 Å². The Morgan fingerprint density at radius 3 is 2.00 bits per heavy atom. The molecule has 5 nitrogen and oxygen atoms in total. The Balaban J connectivity index is 0.000000265. The van der Waals surface area contributed by atoms with Crippen molar-refractivity contribution in [3.63, 3.8) is 0 Å². The van der Waals surface area contributed by atoms with Gasteiger partial charge in [-0.25, -0.2) is 4.79 Å². The fourth-order valence-corrected chi connectivity index (χ4v) is 0.927. The lowest BCUT2D eigenvalue weighted by molar-refractivity contribution is -0.192. The van der Waals surface area contributed by atoms with Crippen molar-refractivity contribution in [3.8, 4) is 0 Å². The number of carboxylic acid groups (broad SMARTS) is 1. The third-order valence-corrected chi connectivity index (χ3v) is 1.65. The highest BCUT2D eigenvalue weighted by atomic mass is 19.4. The SMILES string of the molecule is NC(=O)[C@@H]1CCCN1.O=C(O)C(F)(F)F. The van der Waals surface area contributed by atoms with Crippen molar-refractivity contribution in [3.05, 3.63) is 0 Å². The standard InChI is InChI=1S/C5H10N2O.C2HF3O2/c6-5(8)4-2-1-3-7-4;3-2(4,5)1(6)7/h4,7H,1-3H2,(H2,6,8);(H,6,7)/t4-;/m0./s1. The first-order valence-corrected chi connectivity index (χ1v) is 4.08. The van der Waals surface area contributed by atoms with Crippen LogP contribution in [-0.4, -0.2) is 35.7 Å². The molecular formula is C7H11F3N2O3. The van der Waals surface area contributed by atoms with Crippen molar-refractivity contribution in [2.24, 2.45) is 5.73 Å². The number of hydrogen-bond donors (Lipinski definition) is 3. The van der Waals surface area contributed by atoms with E-state index < -0.39 is 12.1 Å². The molecule has 0 aromatic heterocycles. The van der Waals surface area contributed by atoms with Gasteiger partial charge in [-0.1, -0.05) is 0 Å². The van der Waals surface area contributed by atoms with Gasteiger partial charge in [-0.3, -0.25) is 4.79 Å². The van der Waals surface area contributed by atoms with E-state index in [1.807, 2.05) is 0 Å². The Kier molecular flexibility index (Phi) is 5.06. The number of nitrogens with one attached hydrogen (secondary N) is 1. The van der Waals surface area contributed by atoms with Crippen molar-refractivity contribution in [2.75, 3.05) is 6.54 Å². The molecule has 0 bridgehead atoms. The van der Waals surface area contributed by atoms with Gasteiger partial charge < -0.3 is 16.2 Å². The summed E-state index contributed by atoms with van der Waals surface area (Å²) in [5.41, 5.74) is 5.00. The predicted octanol–water partition coefficient (Wildman–Crippen LogP) is -0.143. The Labute approximate surface area is 83.4 Å². The molecule has 1 rings (SSSR count). The molecule has 1 aliphatic heterocycles. The molecule has 1 aliphatic rings. The smallest absolute Gasteiger partial charge is 0.475 e. The fraction of sp³-hybridized carbons (Fsp3) is 0.714. The van der Waals surface area contributed by atoms with Crippen LogP contribution in [0, 0.1) is 0 Å². The number of primary amides is 1. The third-order valence-electron chi connectivity index (χ3n) is 1.65. The van der Waals surface area contributed by atoms with E-state index in [1.165, 1.54) is 0 Å². The maximum absolute atomic E-state index is 10.6. The molecule has 8 heteroatoms. The zero-order valence-electron chi connectivity index (χ0n) is 7.67. The van der Waals surface area contributed by atoms with E-state index >= 15 is 0 Å². The zero-order valence-corrected chi connectivity index (χ0v) is 7.67. The minimum Gasteiger partial charge on any atom is -0.475 e. The van der Waals surface area contributed by atoms with Crippen LogP contribution in [0.2, 0.25) is 0 Å². The fourth-order valence-electron chi connectivity index (χ4n) is 0.927. The number of carbonyl (C=O) groups is 2. The maximum atomic E-state index is 10.6. The largest absolute Gasteiger partial charge is 0.490 e. The first kappa shape index (κ1) is 13.7. The third kappa shape index (κ3) is 5.89. The van der Waals surface area contributed by atoms with Gasteiger partial charge in [-0.2, -0.15) is 13.2 Å². The summed E-state index contributed by atoms with van der Waals surface area (Å²) in [6, 6.07) is -0.0463. The second kappa shape index (κ2) is 5.54. The highest BCUT2D eigenvalue weighted by Gasteiger charge is 2.38. The van der Waals surface area contributed by atoms with Crippen molar-refractivity contribution in [1.29, 1.82) is 0 Å². The van der Waals surface area contributed by atoms with E-state index in [9.17, 15) is 18.0 Å². The number of carboxylic acids is 1. The van der Waals surface area contributed by atoms with Gasteiger partial charge in [0.15, 0.2) is 0 Å². The van der Waals surface area contributed by atoms with Gasteiger partial charge >= 0.3 is 12.1 Å². The van der Waals surface area contributed by atoms with Gasteiger partial charge in [0.1, 0.15) is 0 Å². The number of carbonyl (C=O) groups excluding carboxylic acids is 1. The number of hydrogen-bond acceptors (Lipinski definition) is 3. The molecule has 1 amide bonds. The predicted molar refractivity (Wildman–Crippen MR) is 43.9 cm³/mol. The molecule has 0 radical (unpaired) electrons. The van der Waals surface area contributed by atoms with Gasteiger partial charge in [0.2, 0.25) is 5.91 Å². The lowest BCUT2D eigenvalue weighted by atomic mass is 10.2. The Morgan fingerprint density at radius 1 is 1.40 bits per heavy atom. The van der Waals surface area contributed by atoms with E-state index in [-0.39, 0.29) is 11.9 Å². The number of aliphatic carboxylic acids is 1. The molecule has 0 saturated carbocycles. The topological polar surface area (TPSA) is 92.4 Å². The molecule has 1 atom stereocenters. The average Bonchev–Trinajstić information content (AvgIpc) is 2.54. The molecule has 0 aromatic rings. The number of amides is 1. The summed E-state index contributed by atoms with van der Waals surface area (Å²) < 4.78 is 31.7. The van der Waals surface area contributed by atoms with Crippen LogP contribution in [0.5, 0.6) is 0 Å². The summed E-state index contributed by atoms with van der Waals surface area (Å²) in [6.45, 7) is 0.938. The number of halogens is 3. The molecule has 0 aliphatic carbocycles. The Morgan fingerprint density at radius 2 is 1.87 bits per heavy atom. The van der Waals surface area contributed by atoms with E-state index in [0.29, 0.717) is 0 Å². The van der Waals surface area contributed by atoms with Crippen LogP contribution >= 0.6 is 0 Å². The molecule has 4 N–H and O–H groups in total. The number of rotatable bonds is 1. The first-order valence-electron chi connectivity index (χ1n) is 4.08. The minimum atomic E-state index is -5.08. The molecule has 0 aromatic carbocycles. The summed E-state index contributed by atoms with van der Waals surface area (Å²) >= 11 is 0. The molecule has 1 heterocycles. The Hall–Kier alpha value is -1.31. The highest BCUT2D eigenvalue weighted by molar-refractivity contribution is 5.80. The number of nitrogens with two attached hydrogens (primary N) is 1. The van der Waals surface area contributed by atoms with Crippen LogP contribution in [-0.2, 0) is 9.59 Å². The van der Waals surface area contributed by atoms with Crippen molar-refractivity contribution in [1.82, 2.24) is 5.32 Å². The summed E-state index contributed by atoms with van der Waals surface area (Å²) in [6.07, 6.45) is -3.09. The average molecular weight is 228 g/mol. The van der Waals surface area contributed by atoms with E-state index in [4.69, 9.17) is 15.6 Å². The van der Waals surface area contributed by atoms with Crippen molar-refractivity contribution < 1.29 is 27.9 Å². The summed E-state index contributed by atoms with van der Waals surface area (Å²) in [7, 11) is 0. The molecule has 0 unspecified atom stereocenters. The summed E-state index contributed by atoms with van der Waals surface area (Å²) in [5, 5.41) is 10.1. The van der Waals surface area contributed by atoms with Crippen LogP contribution in [0.15, 0.2) is 0 Å². The van der Waals surface area contributed by atoms with Gasteiger partial charge in [-0.15, -0.1) is 0 Å². The molecule has 0 spiro atoms. The molecule has 88 valence electrons. The van der Waals surface area contributed by atoms with Gasteiger partial charge in [-0.05, 0) is 19.4 Å². The van der Waals surface area contributed by atoms with E-state index in [2.05, 4.69) is 5.32 Å². The zero-order chi connectivity index (χ0) is 12.1. The van der Waals surface area contributed by atoms with Gasteiger partial charge in [0.05, 0.1) is 6.04 Å². The number of alkyl halides is 3. The van der Waals surface area contributed by atoms with Crippen LogP contribution in [0.25, 0.3) is 0 Å². The first-order chi connectivity index (χ1) is 6.75. The van der Waals surface area contributed by atoms with Crippen LogP contribution < -0.4 is 11.1 Å².